The van der Waals surface area contributed by atoms with E-state index in [0.29, 0.717) is 13.0 Å². The molecule has 3 aromatic rings. The number of piperazine rings is 1. The van der Waals surface area contributed by atoms with Gasteiger partial charge in [0.1, 0.15) is 11.5 Å². The molecule has 0 aliphatic carbocycles. The van der Waals surface area contributed by atoms with Crippen LogP contribution in [0, 0.1) is 13.8 Å². The minimum atomic E-state index is -0.267. The SMILES string of the molecule is COc1ccc(OC)c([C@@H]2CC(c3cc(C)ccc3C)=NN2C(=O)CN2CCN(Cc3ccccc3)CC2)c1. The Hall–Kier alpha value is -3.68. The molecule has 5 rings (SSSR count). The molecule has 0 bridgehead atoms. The molecule has 2 aliphatic heterocycles. The molecule has 1 amide bonds. The number of hydrazone groups is 1. The lowest BCUT2D eigenvalue weighted by molar-refractivity contribution is -0.134. The standard InChI is InChI=1S/C32H38N4O3/c1-23-10-11-24(2)27(18-23)29-20-30(28-19-26(38-3)12-13-31(28)39-4)36(33-29)32(37)22-35-16-14-34(15-17-35)21-25-8-6-5-7-9-25/h5-13,18-19,30H,14-17,20-22H2,1-4H3/t30-/m0/s1. The van der Waals surface area contributed by atoms with Crippen LogP contribution >= 0.6 is 0 Å². The lowest BCUT2D eigenvalue weighted by Gasteiger charge is -2.35. The summed E-state index contributed by atoms with van der Waals surface area (Å²) in [6.45, 7) is 9.04. The summed E-state index contributed by atoms with van der Waals surface area (Å²) in [5.41, 5.74) is 6.56. The van der Waals surface area contributed by atoms with Crippen LogP contribution in [0.2, 0.25) is 0 Å². The van der Waals surface area contributed by atoms with E-state index in [9.17, 15) is 4.79 Å². The zero-order valence-electron chi connectivity index (χ0n) is 23.4. The van der Waals surface area contributed by atoms with Crippen LogP contribution < -0.4 is 9.47 Å². The van der Waals surface area contributed by atoms with Crippen molar-refractivity contribution >= 4 is 11.6 Å². The Kier molecular flexibility index (Phi) is 8.29. The third-order valence-corrected chi connectivity index (χ3v) is 7.74. The van der Waals surface area contributed by atoms with E-state index in [1.807, 2.05) is 24.3 Å². The van der Waals surface area contributed by atoms with Crippen molar-refractivity contribution < 1.29 is 14.3 Å². The molecule has 204 valence electrons. The molecule has 0 spiro atoms. The summed E-state index contributed by atoms with van der Waals surface area (Å²) in [5, 5.41) is 6.64. The molecule has 1 atom stereocenters. The van der Waals surface area contributed by atoms with Gasteiger partial charge < -0.3 is 9.47 Å². The molecular formula is C32H38N4O3. The van der Waals surface area contributed by atoms with Crippen molar-refractivity contribution in [1.29, 1.82) is 0 Å². The number of carbonyl (C=O) groups excluding carboxylic acids is 1. The number of hydrogen-bond acceptors (Lipinski definition) is 6. The fourth-order valence-corrected chi connectivity index (χ4v) is 5.50. The molecule has 39 heavy (non-hydrogen) atoms. The molecule has 7 heteroatoms. The zero-order valence-corrected chi connectivity index (χ0v) is 23.4. The first-order valence-corrected chi connectivity index (χ1v) is 13.6. The fraction of sp³-hybridized carbons (Fsp3) is 0.375. The summed E-state index contributed by atoms with van der Waals surface area (Å²) in [4.78, 5) is 18.5. The van der Waals surface area contributed by atoms with Crippen LogP contribution in [0.15, 0.2) is 71.8 Å². The van der Waals surface area contributed by atoms with Crippen LogP contribution in [-0.4, -0.2) is 73.4 Å². The minimum absolute atomic E-state index is 0.00156. The minimum Gasteiger partial charge on any atom is -0.497 e. The number of ether oxygens (including phenoxy) is 2. The van der Waals surface area contributed by atoms with Crippen molar-refractivity contribution in [2.24, 2.45) is 5.10 Å². The first-order valence-electron chi connectivity index (χ1n) is 13.6. The second-order valence-corrected chi connectivity index (χ2v) is 10.5. The van der Waals surface area contributed by atoms with Gasteiger partial charge in [-0.1, -0.05) is 48.0 Å². The van der Waals surface area contributed by atoms with Gasteiger partial charge in [-0.25, -0.2) is 5.01 Å². The Bertz CT molecular complexity index is 1330. The van der Waals surface area contributed by atoms with Gasteiger partial charge >= 0.3 is 0 Å². The molecule has 0 radical (unpaired) electrons. The van der Waals surface area contributed by atoms with Crippen molar-refractivity contribution in [2.75, 3.05) is 46.9 Å². The Balaban J connectivity index is 1.35. The first kappa shape index (κ1) is 26.9. The van der Waals surface area contributed by atoms with E-state index >= 15 is 0 Å². The van der Waals surface area contributed by atoms with Crippen LogP contribution in [0.25, 0.3) is 0 Å². The summed E-state index contributed by atoms with van der Waals surface area (Å²) >= 11 is 0. The lowest BCUT2D eigenvalue weighted by atomic mass is 9.94. The van der Waals surface area contributed by atoms with E-state index in [4.69, 9.17) is 14.6 Å². The number of rotatable bonds is 8. The number of hydrogen-bond donors (Lipinski definition) is 0. The third-order valence-electron chi connectivity index (χ3n) is 7.74. The number of nitrogens with zero attached hydrogens (tertiary/aromatic N) is 4. The molecule has 2 heterocycles. The van der Waals surface area contributed by atoms with Crippen LogP contribution in [0.1, 0.15) is 40.3 Å². The smallest absolute Gasteiger partial charge is 0.257 e. The van der Waals surface area contributed by atoms with Gasteiger partial charge in [-0.05, 0) is 49.2 Å². The van der Waals surface area contributed by atoms with E-state index in [2.05, 4.69) is 66.1 Å². The predicted octanol–water partition coefficient (Wildman–Crippen LogP) is 4.82. The van der Waals surface area contributed by atoms with Crippen LogP contribution in [0.3, 0.4) is 0 Å². The highest BCUT2D eigenvalue weighted by atomic mass is 16.5. The highest BCUT2D eigenvalue weighted by Gasteiger charge is 2.36. The van der Waals surface area contributed by atoms with Crippen LogP contribution in [0.4, 0.5) is 0 Å². The van der Waals surface area contributed by atoms with Gasteiger partial charge in [-0.3, -0.25) is 14.6 Å². The maximum Gasteiger partial charge on any atom is 0.257 e. The van der Waals surface area contributed by atoms with Gasteiger partial charge in [-0.2, -0.15) is 5.10 Å². The van der Waals surface area contributed by atoms with Crippen molar-refractivity contribution in [3.63, 3.8) is 0 Å². The molecular weight excluding hydrogens is 488 g/mol. The average molecular weight is 527 g/mol. The highest BCUT2D eigenvalue weighted by molar-refractivity contribution is 6.04. The van der Waals surface area contributed by atoms with E-state index < -0.39 is 0 Å². The van der Waals surface area contributed by atoms with E-state index in [0.717, 1.165) is 66.6 Å². The quantitative estimate of drug-likeness (QED) is 0.422. The predicted molar refractivity (Wildman–Crippen MR) is 154 cm³/mol. The van der Waals surface area contributed by atoms with Gasteiger partial charge in [0.05, 0.1) is 32.5 Å². The van der Waals surface area contributed by atoms with E-state index in [1.165, 1.54) is 11.1 Å². The molecule has 3 aromatic carbocycles. The molecule has 1 fully saturated rings. The van der Waals surface area contributed by atoms with Crippen molar-refractivity contribution in [1.82, 2.24) is 14.8 Å². The van der Waals surface area contributed by atoms with Crippen molar-refractivity contribution in [3.8, 4) is 11.5 Å². The Morgan fingerprint density at radius 3 is 2.36 bits per heavy atom. The number of amides is 1. The normalized spacial score (nSPS) is 18.2. The summed E-state index contributed by atoms with van der Waals surface area (Å²) in [6, 6.07) is 22.4. The number of aryl methyl sites for hydroxylation is 2. The molecule has 2 aliphatic rings. The molecule has 0 saturated carbocycles. The fourth-order valence-electron chi connectivity index (χ4n) is 5.50. The summed E-state index contributed by atoms with van der Waals surface area (Å²) in [6.07, 6.45) is 0.615. The lowest BCUT2D eigenvalue weighted by Crippen LogP contribution is -2.49. The Morgan fingerprint density at radius 2 is 1.64 bits per heavy atom. The van der Waals surface area contributed by atoms with Gasteiger partial charge in [-0.15, -0.1) is 0 Å². The first-order chi connectivity index (χ1) is 18.9. The van der Waals surface area contributed by atoms with Crippen molar-refractivity contribution in [2.45, 2.75) is 32.9 Å². The topological polar surface area (TPSA) is 57.6 Å². The number of benzene rings is 3. The maximum atomic E-state index is 13.8. The monoisotopic (exact) mass is 526 g/mol. The van der Waals surface area contributed by atoms with Gasteiger partial charge in [0.2, 0.25) is 0 Å². The molecule has 0 N–H and O–H groups in total. The zero-order chi connectivity index (χ0) is 27.4. The molecule has 0 aromatic heterocycles. The third kappa shape index (κ3) is 6.15. The Morgan fingerprint density at radius 1 is 0.897 bits per heavy atom. The number of carbonyl (C=O) groups is 1. The summed E-state index contributed by atoms with van der Waals surface area (Å²) in [5.74, 6) is 1.46. The van der Waals surface area contributed by atoms with Crippen LogP contribution in [0.5, 0.6) is 11.5 Å². The van der Waals surface area contributed by atoms with Gasteiger partial charge in [0.25, 0.3) is 5.91 Å². The van der Waals surface area contributed by atoms with Gasteiger partial charge in [0.15, 0.2) is 0 Å². The summed E-state index contributed by atoms with van der Waals surface area (Å²) in [7, 11) is 3.31. The second-order valence-electron chi connectivity index (χ2n) is 10.5. The summed E-state index contributed by atoms with van der Waals surface area (Å²) < 4.78 is 11.2. The molecule has 7 nitrogen and oxygen atoms in total. The largest absolute Gasteiger partial charge is 0.497 e. The van der Waals surface area contributed by atoms with Crippen LogP contribution in [-0.2, 0) is 11.3 Å². The van der Waals surface area contributed by atoms with Crippen molar-refractivity contribution in [3.05, 3.63) is 94.5 Å². The average Bonchev–Trinajstić information content (AvgIpc) is 3.41. The molecule has 1 saturated heterocycles. The van der Waals surface area contributed by atoms with Gasteiger partial charge in [0, 0.05) is 50.3 Å². The Labute approximate surface area is 231 Å². The second kappa shape index (κ2) is 12.0. The van der Waals surface area contributed by atoms with E-state index in [1.54, 1.807) is 19.2 Å². The highest BCUT2D eigenvalue weighted by Crippen LogP contribution is 2.39. The number of methoxy groups -OCH3 is 2. The van der Waals surface area contributed by atoms with E-state index in [-0.39, 0.29) is 11.9 Å². The maximum absolute atomic E-state index is 13.8. The molecule has 0 unspecified atom stereocenters.